The summed E-state index contributed by atoms with van der Waals surface area (Å²) in [5, 5.41) is 5.46. The fourth-order valence-electron chi connectivity index (χ4n) is 4.39. The molecule has 4 rings (SSSR count). The van der Waals surface area contributed by atoms with Crippen molar-refractivity contribution in [3.8, 4) is 0 Å². The largest absolute Gasteiger partial charge is 0.350 e. The van der Waals surface area contributed by atoms with E-state index in [1.165, 1.54) is 9.87 Å². The Hall–Kier alpha value is -2.71. The van der Waals surface area contributed by atoms with E-state index >= 15 is 0 Å². The topological polar surface area (TPSA) is 95.6 Å². The van der Waals surface area contributed by atoms with Gasteiger partial charge in [-0.25, -0.2) is 8.42 Å². The van der Waals surface area contributed by atoms with E-state index in [1.807, 2.05) is 42.5 Å². The smallest absolute Gasteiger partial charge is 0.243 e. The van der Waals surface area contributed by atoms with Crippen LogP contribution in [-0.2, 0) is 39.0 Å². The number of amides is 2. The van der Waals surface area contributed by atoms with Crippen LogP contribution < -0.4 is 10.6 Å². The number of carbonyl (C=O) groups excluding carboxylic acids is 2. The zero-order valence-electron chi connectivity index (χ0n) is 18.0. The van der Waals surface area contributed by atoms with Gasteiger partial charge in [0, 0.05) is 25.6 Å². The van der Waals surface area contributed by atoms with E-state index in [2.05, 4.69) is 10.6 Å². The fraction of sp³-hybridized carbons (Fsp3) is 0.417. The third kappa shape index (κ3) is 5.19. The number of hydrogen-bond acceptors (Lipinski definition) is 4. The minimum Gasteiger partial charge on any atom is -0.350 e. The minimum atomic E-state index is -3.55. The molecule has 2 aromatic carbocycles. The number of fused-ring (bicyclic) bond motifs is 1. The number of benzene rings is 2. The van der Waals surface area contributed by atoms with Crippen LogP contribution in [0.3, 0.4) is 0 Å². The molecule has 8 heteroatoms. The predicted molar refractivity (Wildman–Crippen MR) is 121 cm³/mol. The third-order valence-electron chi connectivity index (χ3n) is 6.29. The second-order valence-electron chi connectivity index (χ2n) is 8.44. The van der Waals surface area contributed by atoms with Gasteiger partial charge < -0.3 is 10.6 Å². The highest BCUT2D eigenvalue weighted by molar-refractivity contribution is 7.89. The predicted octanol–water partition coefficient (Wildman–Crippen LogP) is 2.01. The number of nitrogens with zero attached hydrogens (tertiary/aromatic N) is 1. The summed E-state index contributed by atoms with van der Waals surface area (Å²) in [4.78, 5) is 24.8. The molecule has 1 saturated heterocycles. The van der Waals surface area contributed by atoms with Crippen LogP contribution in [0.2, 0.25) is 0 Å². The van der Waals surface area contributed by atoms with Crippen molar-refractivity contribution in [1.82, 2.24) is 14.9 Å². The molecule has 0 atom stereocenters. The van der Waals surface area contributed by atoms with Crippen molar-refractivity contribution in [2.75, 3.05) is 19.6 Å². The molecule has 2 N–H and O–H groups in total. The first kappa shape index (κ1) is 22.5. The molecule has 32 heavy (non-hydrogen) atoms. The average Bonchev–Trinajstić information content (AvgIpc) is 3.30. The first-order chi connectivity index (χ1) is 15.4. The maximum atomic E-state index is 13.0. The molecule has 0 spiro atoms. The van der Waals surface area contributed by atoms with Crippen LogP contribution >= 0.6 is 0 Å². The molecular formula is C24H29N3O4S. The maximum absolute atomic E-state index is 13.0. The number of carbonyl (C=O) groups is 2. The van der Waals surface area contributed by atoms with E-state index in [1.54, 1.807) is 6.07 Å². The Balaban J connectivity index is 1.24. The Labute approximate surface area is 189 Å². The standard InChI is InChI=1S/C24H29N3O4S/c28-23(25-16-18-5-2-1-3-6-18)17-26-24(29)20-11-13-27(14-12-20)32(30,31)22-10-9-19-7-4-8-21(19)15-22/h1-3,5-6,9-10,15,20H,4,7-8,11-14,16-17H2,(H,25,28)(H,26,29). The SMILES string of the molecule is O=C(CNC(=O)C1CCN(S(=O)(=O)c2ccc3c(c2)CCC3)CC1)NCc1ccccc1. The van der Waals surface area contributed by atoms with Gasteiger partial charge in [0.25, 0.3) is 0 Å². The van der Waals surface area contributed by atoms with Gasteiger partial charge in [-0.3, -0.25) is 9.59 Å². The second-order valence-corrected chi connectivity index (χ2v) is 10.4. The van der Waals surface area contributed by atoms with Gasteiger partial charge in [0.2, 0.25) is 21.8 Å². The van der Waals surface area contributed by atoms with Crippen molar-refractivity contribution in [3.63, 3.8) is 0 Å². The van der Waals surface area contributed by atoms with Gasteiger partial charge in [0.1, 0.15) is 0 Å². The van der Waals surface area contributed by atoms with Crippen LogP contribution in [-0.4, -0.2) is 44.2 Å². The molecular weight excluding hydrogens is 426 g/mol. The van der Waals surface area contributed by atoms with Crippen molar-refractivity contribution in [2.45, 2.75) is 43.5 Å². The molecule has 0 saturated carbocycles. The van der Waals surface area contributed by atoms with E-state index in [0.717, 1.165) is 30.4 Å². The van der Waals surface area contributed by atoms with E-state index in [4.69, 9.17) is 0 Å². The molecule has 0 radical (unpaired) electrons. The minimum absolute atomic E-state index is 0.0840. The van der Waals surface area contributed by atoms with Crippen LogP contribution in [0.4, 0.5) is 0 Å². The molecule has 0 aromatic heterocycles. The van der Waals surface area contributed by atoms with Crippen molar-refractivity contribution in [3.05, 3.63) is 65.2 Å². The highest BCUT2D eigenvalue weighted by Gasteiger charge is 2.32. The van der Waals surface area contributed by atoms with Crippen LogP contribution in [0.5, 0.6) is 0 Å². The van der Waals surface area contributed by atoms with Crippen molar-refractivity contribution in [2.24, 2.45) is 5.92 Å². The summed E-state index contributed by atoms with van der Waals surface area (Å²) in [5.74, 6) is -0.739. The normalized spacial score (nSPS) is 17.0. The summed E-state index contributed by atoms with van der Waals surface area (Å²) in [6.45, 7) is 0.934. The van der Waals surface area contributed by atoms with Gasteiger partial charge in [-0.15, -0.1) is 0 Å². The number of hydrogen-bond donors (Lipinski definition) is 2. The molecule has 1 fully saturated rings. The van der Waals surface area contributed by atoms with Crippen LogP contribution in [0.25, 0.3) is 0 Å². The monoisotopic (exact) mass is 455 g/mol. The summed E-state index contributed by atoms with van der Waals surface area (Å²) in [6.07, 6.45) is 3.91. The molecule has 2 amide bonds. The zero-order chi connectivity index (χ0) is 22.6. The lowest BCUT2D eigenvalue weighted by Crippen LogP contribution is -2.45. The van der Waals surface area contributed by atoms with Gasteiger partial charge in [-0.05, 0) is 60.9 Å². The Morgan fingerprint density at radius 3 is 2.41 bits per heavy atom. The summed E-state index contributed by atoms with van der Waals surface area (Å²) in [5.41, 5.74) is 3.36. The first-order valence-electron chi connectivity index (χ1n) is 11.1. The molecule has 0 bridgehead atoms. The highest BCUT2D eigenvalue weighted by atomic mass is 32.2. The zero-order valence-corrected chi connectivity index (χ0v) is 18.9. The van der Waals surface area contributed by atoms with Crippen LogP contribution in [0, 0.1) is 5.92 Å². The summed E-state index contributed by atoms with van der Waals surface area (Å²) in [7, 11) is -3.55. The lowest BCUT2D eigenvalue weighted by atomic mass is 9.97. The number of rotatable bonds is 7. The molecule has 1 aliphatic heterocycles. The van der Waals surface area contributed by atoms with Crippen molar-refractivity contribution < 1.29 is 18.0 Å². The van der Waals surface area contributed by atoms with E-state index in [9.17, 15) is 18.0 Å². The molecule has 170 valence electrons. The summed E-state index contributed by atoms with van der Waals surface area (Å²) >= 11 is 0. The number of aryl methyl sites for hydroxylation is 2. The number of nitrogens with one attached hydrogen (secondary N) is 2. The molecule has 1 aliphatic carbocycles. The molecule has 2 aromatic rings. The van der Waals surface area contributed by atoms with Gasteiger partial charge in [-0.2, -0.15) is 4.31 Å². The van der Waals surface area contributed by atoms with E-state index in [-0.39, 0.29) is 24.3 Å². The summed E-state index contributed by atoms with van der Waals surface area (Å²) < 4.78 is 27.6. The summed E-state index contributed by atoms with van der Waals surface area (Å²) in [6, 6.07) is 15.0. The van der Waals surface area contributed by atoms with Gasteiger partial charge in [-0.1, -0.05) is 36.4 Å². The van der Waals surface area contributed by atoms with Crippen molar-refractivity contribution in [1.29, 1.82) is 0 Å². The lowest BCUT2D eigenvalue weighted by molar-refractivity contribution is -0.129. The lowest BCUT2D eigenvalue weighted by Gasteiger charge is -2.30. The van der Waals surface area contributed by atoms with E-state index < -0.39 is 10.0 Å². The Morgan fingerprint density at radius 2 is 1.66 bits per heavy atom. The Morgan fingerprint density at radius 1 is 0.938 bits per heavy atom. The van der Waals surface area contributed by atoms with Crippen LogP contribution in [0.1, 0.15) is 36.0 Å². The Bertz CT molecular complexity index is 1080. The van der Waals surface area contributed by atoms with Crippen molar-refractivity contribution >= 4 is 21.8 Å². The molecule has 1 heterocycles. The van der Waals surface area contributed by atoms with Gasteiger partial charge in [0.15, 0.2) is 0 Å². The highest BCUT2D eigenvalue weighted by Crippen LogP contribution is 2.28. The number of piperidine rings is 1. The van der Waals surface area contributed by atoms with Gasteiger partial charge >= 0.3 is 0 Å². The van der Waals surface area contributed by atoms with Crippen LogP contribution in [0.15, 0.2) is 53.4 Å². The molecule has 2 aliphatic rings. The average molecular weight is 456 g/mol. The maximum Gasteiger partial charge on any atom is 0.243 e. The quantitative estimate of drug-likeness (QED) is 0.668. The molecule has 7 nitrogen and oxygen atoms in total. The van der Waals surface area contributed by atoms with Gasteiger partial charge in [0.05, 0.1) is 11.4 Å². The fourth-order valence-corrected chi connectivity index (χ4v) is 5.91. The molecule has 0 unspecified atom stereocenters. The second kappa shape index (κ2) is 9.83. The Kier molecular flexibility index (Phi) is 6.91. The number of sulfonamides is 1. The van der Waals surface area contributed by atoms with E-state index in [0.29, 0.717) is 37.4 Å². The first-order valence-corrected chi connectivity index (χ1v) is 12.6. The third-order valence-corrected chi connectivity index (χ3v) is 8.18.